The molecule has 2 rings (SSSR count). The summed E-state index contributed by atoms with van der Waals surface area (Å²) in [6.07, 6.45) is 5.00. The zero-order valence-electron chi connectivity index (χ0n) is 7.49. The third kappa shape index (κ3) is 1.50. The van der Waals surface area contributed by atoms with E-state index in [1.807, 2.05) is 24.3 Å². The first-order valence-corrected chi connectivity index (χ1v) is 4.46. The van der Waals surface area contributed by atoms with Crippen molar-refractivity contribution >= 4 is 5.57 Å². The summed E-state index contributed by atoms with van der Waals surface area (Å²) < 4.78 is 5.58. The third-order valence-electron chi connectivity index (χ3n) is 2.16. The van der Waals surface area contributed by atoms with Gasteiger partial charge in [0.25, 0.3) is 0 Å². The summed E-state index contributed by atoms with van der Waals surface area (Å²) in [5, 5.41) is 0. The van der Waals surface area contributed by atoms with Gasteiger partial charge in [0.2, 0.25) is 0 Å². The number of para-hydroxylation sites is 1. The molecule has 1 aliphatic heterocycles. The molecule has 1 heterocycles. The zero-order valence-corrected chi connectivity index (χ0v) is 7.49. The normalized spacial score (nSPS) is 14.9. The number of ether oxygens (including phenoxy) is 1. The first-order chi connectivity index (χ1) is 6.42. The summed E-state index contributed by atoms with van der Waals surface area (Å²) in [7, 11) is 0. The molecule has 1 aromatic carbocycles. The number of fused-ring (bicyclic) bond motifs is 1. The van der Waals surface area contributed by atoms with E-state index in [0.717, 1.165) is 24.3 Å². The van der Waals surface area contributed by atoms with E-state index in [2.05, 4.69) is 18.7 Å². The van der Waals surface area contributed by atoms with Crippen LogP contribution in [0.2, 0.25) is 0 Å². The molecular weight excluding hydrogens is 160 g/mol. The molecule has 66 valence electrons. The van der Waals surface area contributed by atoms with Gasteiger partial charge in [-0.05, 0) is 11.6 Å². The first-order valence-electron chi connectivity index (χ1n) is 4.46. The minimum atomic E-state index is 0.758. The largest absolute Gasteiger partial charge is 0.493 e. The first kappa shape index (κ1) is 8.11. The van der Waals surface area contributed by atoms with Crippen LogP contribution in [-0.4, -0.2) is 6.61 Å². The van der Waals surface area contributed by atoms with Gasteiger partial charge < -0.3 is 4.74 Å². The lowest BCUT2D eigenvalue weighted by Gasteiger charge is -2.06. The Morgan fingerprint density at radius 1 is 1.31 bits per heavy atom. The van der Waals surface area contributed by atoms with Crippen molar-refractivity contribution < 1.29 is 4.74 Å². The van der Waals surface area contributed by atoms with Crippen LogP contribution in [0.15, 0.2) is 43.0 Å². The molecule has 1 heteroatoms. The highest BCUT2D eigenvalue weighted by atomic mass is 16.5. The van der Waals surface area contributed by atoms with E-state index in [0.29, 0.717) is 0 Å². The van der Waals surface area contributed by atoms with Crippen LogP contribution in [0.25, 0.3) is 5.57 Å². The van der Waals surface area contributed by atoms with Crippen molar-refractivity contribution in [2.45, 2.75) is 6.42 Å². The maximum Gasteiger partial charge on any atom is 0.127 e. The molecule has 0 saturated carbocycles. The van der Waals surface area contributed by atoms with Crippen molar-refractivity contribution in [2.24, 2.45) is 0 Å². The Morgan fingerprint density at radius 2 is 2.15 bits per heavy atom. The van der Waals surface area contributed by atoms with E-state index in [4.69, 9.17) is 4.74 Å². The van der Waals surface area contributed by atoms with Gasteiger partial charge in [0.1, 0.15) is 5.75 Å². The van der Waals surface area contributed by atoms with Crippen LogP contribution < -0.4 is 4.74 Å². The summed E-state index contributed by atoms with van der Waals surface area (Å²) in [5.74, 6) is 0.964. The van der Waals surface area contributed by atoms with Crippen LogP contribution in [0.5, 0.6) is 5.75 Å². The van der Waals surface area contributed by atoms with Crippen LogP contribution in [0, 0.1) is 0 Å². The Morgan fingerprint density at radius 3 is 3.00 bits per heavy atom. The Hall–Kier alpha value is -1.50. The standard InChI is InChI=1S/C12H12O/c1-2-10-6-5-9-13-12-8-4-3-7-11(10)12/h2-4,6-8H,1,5,9H2. The maximum absolute atomic E-state index is 5.58. The molecule has 13 heavy (non-hydrogen) atoms. The molecular formula is C12H12O. The average Bonchev–Trinajstić information content (AvgIpc) is 2.39. The number of allylic oxidation sites excluding steroid dienone is 2. The SMILES string of the molecule is C=CC1=CCCOc2ccccc21. The van der Waals surface area contributed by atoms with Gasteiger partial charge in [0.15, 0.2) is 0 Å². The Labute approximate surface area is 78.3 Å². The fourth-order valence-electron chi connectivity index (χ4n) is 1.52. The van der Waals surface area contributed by atoms with Crippen LogP contribution in [0.4, 0.5) is 0 Å². The van der Waals surface area contributed by atoms with E-state index in [9.17, 15) is 0 Å². The van der Waals surface area contributed by atoms with E-state index >= 15 is 0 Å². The number of hydrogen-bond donors (Lipinski definition) is 0. The maximum atomic E-state index is 5.58. The summed E-state index contributed by atoms with van der Waals surface area (Å²) in [6.45, 7) is 4.56. The molecule has 0 fully saturated rings. The van der Waals surface area contributed by atoms with E-state index in [1.165, 1.54) is 5.57 Å². The average molecular weight is 172 g/mol. The van der Waals surface area contributed by atoms with Gasteiger partial charge in [-0.2, -0.15) is 0 Å². The van der Waals surface area contributed by atoms with Crippen molar-refractivity contribution in [2.75, 3.05) is 6.61 Å². The molecule has 0 aromatic heterocycles. The van der Waals surface area contributed by atoms with Gasteiger partial charge in [0, 0.05) is 12.0 Å². The Bertz CT molecular complexity index is 350. The Kier molecular flexibility index (Phi) is 2.17. The topological polar surface area (TPSA) is 9.23 Å². The second-order valence-electron chi connectivity index (χ2n) is 3.00. The van der Waals surface area contributed by atoms with E-state index in [-0.39, 0.29) is 0 Å². The van der Waals surface area contributed by atoms with Gasteiger partial charge >= 0.3 is 0 Å². The summed E-state index contributed by atoms with van der Waals surface area (Å²) in [5.41, 5.74) is 2.32. The second-order valence-corrected chi connectivity index (χ2v) is 3.00. The van der Waals surface area contributed by atoms with Gasteiger partial charge in [-0.25, -0.2) is 0 Å². The van der Waals surface area contributed by atoms with Crippen molar-refractivity contribution in [1.82, 2.24) is 0 Å². The van der Waals surface area contributed by atoms with E-state index in [1.54, 1.807) is 0 Å². The highest BCUT2D eigenvalue weighted by molar-refractivity contribution is 5.77. The predicted octanol–water partition coefficient (Wildman–Crippen LogP) is 3.04. The molecule has 0 bridgehead atoms. The van der Waals surface area contributed by atoms with Gasteiger partial charge in [-0.3, -0.25) is 0 Å². The van der Waals surface area contributed by atoms with Crippen LogP contribution in [0.1, 0.15) is 12.0 Å². The van der Waals surface area contributed by atoms with Crippen molar-refractivity contribution in [3.63, 3.8) is 0 Å². The number of rotatable bonds is 1. The smallest absolute Gasteiger partial charge is 0.127 e. The van der Waals surface area contributed by atoms with Crippen molar-refractivity contribution in [3.05, 3.63) is 48.6 Å². The molecule has 1 aromatic rings. The molecule has 0 N–H and O–H groups in total. The van der Waals surface area contributed by atoms with Gasteiger partial charge in [-0.1, -0.05) is 36.9 Å². The van der Waals surface area contributed by atoms with Crippen molar-refractivity contribution in [3.8, 4) is 5.75 Å². The quantitative estimate of drug-likeness (QED) is 0.632. The summed E-state index contributed by atoms with van der Waals surface area (Å²) in [4.78, 5) is 0. The molecule has 0 aliphatic carbocycles. The lowest BCUT2D eigenvalue weighted by Crippen LogP contribution is -1.94. The number of hydrogen-bond acceptors (Lipinski definition) is 1. The third-order valence-corrected chi connectivity index (χ3v) is 2.16. The minimum Gasteiger partial charge on any atom is -0.493 e. The second kappa shape index (κ2) is 3.48. The Balaban J connectivity index is 2.53. The van der Waals surface area contributed by atoms with E-state index < -0.39 is 0 Å². The molecule has 1 aliphatic rings. The van der Waals surface area contributed by atoms with Gasteiger partial charge in [0.05, 0.1) is 6.61 Å². The van der Waals surface area contributed by atoms with Gasteiger partial charge in [-0.15, -0.1) is 0 Å². The minimum absolute atomic E-state index is 0.758. The predicted molar refractivity (Wildman–Crippen MR) is 54.7 cm³/mol. The molecule has 0 amide bonds. The fraction of sp³-hybridized carbons (Fsp3) is 0.167. The molecule has 0 spiro atoms. The summed E-state index contributed by atoms with van der Waals surface area (Å²) >= 11 is 0. The monoisotopic (exact) mass is 172 g/mol. The van der Waals surface area contributed by atoms with Crippen LogP contribution in [-0.2, 0) is 0 Å². The molecule has 0 unspecified atom stereocenters. The summed E-state index contributed by atoms with van der Waals surface area (Å²) in [6, 6.07) is 8.07. The molecule has 0 atom stereocenters. The van der Waals surface area contributed by atoms with Crippen LogP contribution in [0.3, 0.4) is 0 Å². The number of benzene rings is 1. The molecule has 1 nitrogen and oxygen atoms in total. The van der Waals surface area contributed by atoms with Crippen LogP contribution >= 0.6 is 0 Å². The molecule has 0 saturated heterocycles. The lowest BCUT2D eigenvalue weighted by molar-refractivity contribution is 0.326. The highest BCUT2D eigenvalue weighted by Gasteiger charge is 2.08. The fourth-order valence-corrected chi connectivity index (χ4v) is 1.52. The lowest BCUT2D eigenvalue weighted by atomic mass is 10.0. The zero-order chi connectivity index (χ0) is 9.10. The highest BCUT2D eigenvalue weighted by Crippen LogP contribution is 2.29. The molecule has 0 radical (unpaired) electrons. The van der Waals surface area contributed by atoms with Crippen molar-refractivity contribution in [1.29, 1.82) is 0 Å².